The maximum absolute atomic E-state index is 12.5. The van der Waals surface area contributed by atoms with Crippen LogP contribution >= 0.6 is 0 Å². The van der Waals surface area contributed by atoms with Crippen LogP contribution in [0.3, 0.4) is 0 Å². The van der Waals surface area contributed by atoms with Crippen LogP contribution in [0.5, 0.6) is 0 Å². The average Bonchev–Trinajstić information content (AvgIpc) is 3.54. The summed E-state index contributed by atoms with van der Waals surface area (Å²) in [4.78, 5) is 24.6. The second-order valence-electron chi connectivity index (χ2n) is 26.7. The molecule has 0 spiro atoms. The number of esters is 1. The molecule has 86 heavy (non-hydrogen) atoms. The Morgan fingerprint density at radius 1 is 0.326 bits per heavy atom. The predicted molar refractivity (Wildman–Crippen MR) is 379 cm³/mol. The van der Waals surface area contributed by atoms with E-state index in [2.05, 4.69) is 55.6 Å². The summed E-state index contributed by atoms with van der Waals surface area (Å²) in [5, 5.41) is 23.3. The van der Waals surface area contributed by atoms with E-state index in [-0.39, 0.29) is 18.5 Å². The van der Waals surface area contributed by atoms with Crippen LogP contribution in [-0.4, -0.2) is 47.4 Å². The fourth-order valence-corrected chi connectivity index (χ4v) is 12.1. The number of aliphatic hydroxyl groups excluding tert-OH is 2. The fraction of sp³-hybridized carbons (Fsp3) is 0.875. The first kappa shape index (κ1) is 83.8. The summed E-state index contributed by atoms with van der Waals surface area (Å²) in [5.74, 6) is -0.0509. The first-order valence-corrected chi connectivity index (χ1v) is 38.9. The Balaban J connectivity index is 3.37. The molecule has 0 rings (SSSR count). The van der Waals surface area contributed by atoms with Crippen molar-refractivity contribution in [3.05, 3.63) is 48.6 Å². The van der Waals surface area contributed by atoms with Crippen LogP contribution in [0.1, 0.15) is 425 Å². The molecule has 0 aliphatic carbocycles. The standard InChI is InChI=1S/C80H151NO5/c1-3-5-7-9-11-13-15-17-19-21-37-40-44-48-52-56-60-64-68-72-78(83)77(76-82)81-79(84)73-69-65-61-57-53-49-45-41-38-35-33-31-29-27-25-23-24-26-28-30-32-34-36-39-43-47-51-55-59-63-67-71-75-86-80(85)74-70-66-62-58-54-50-46-42-22-20-18-16-14-12-10-8-6-4-2/h14,16,20,22,26,28,68,72,77-78,82-83H,3-13,15,17-19,21,23-25,27,29-67,69-71,73-76H2,1-2H3,(H,81,84)/b16-14-,22-20-,28-26-,72-68+. The van der Waals surface area contributed by atoms with Crippen molar-refractivity contribution in [2.24, 2.45) is 0 Å². The molecule has 0 saturated carbocycles. The number of allylic oxidation sites excluding steroid dienone is 7. The highest BCUT2D eigenvalue weighted by atomic mass is 16.5. The zero-order chi connectivity index (χ0) is 62.0. The van der Waals surface area contributed by atoms with Gasteiger partial charge in [-0.1, -0.05) is 371 Å². The summed E-state index contributed by atoms with van der Waals surface area (Å²) in [6, 6.07) is -0.627. The van der Waals surface area contributed by atoms with E-state index in [1.807, 2.05) is 6.08 Å². The fourth-order valence-electron chi connectivity index (χ4n) is 12.1. The lowest BCUT2D eigenvalue weighted by Crippen LogP contribution is -2.45. The lowest BCUT2D eigenvalue weighted by Gasteiger charge is -2.20. The lowest BCUT2D eigenvalue weighted by atomic mass is 10.0. The molecule has 0 aromatic carbocycles. The minimum Gasteiger partial charge on any atom is -0.466 e. The number of hydrogen-bond acceptors (Lipinski definition) is 5. The van der Waals surface area contributed by atoms with Crippen molar-refractivity contribution in [1.29, 1.82) is 0 Å². The van der Waals surface area contributed by atoms with Crippen molar-refractivity contribution in [3.8, 4) is 0 Å². The zero-order valence-corrected chi connectivity index (χ0v) is 58.1. The third-order valence-electron chi connectivity index (χ3n) is 18.1. The highest BCUT2D eigenvalue weighted by molar-refractivity contribution is 5.76. The number of nitrogens with one attached hydrogen (secondary N) is 1. The number of carbonyl (C=O) groups excluding carboxylic acids is 2. The highest BCUT2D eigenvalue weighted by Gasteiger charge is 2.18. The molecule has 0 aliphatic rings. The first-order chi connectivity index (χ1) is 42.5. The van der Waals surface area contributed by atoms with Gasteiger partial charge in [0.2, 0.25) is 5.91 Å². The van der Waals surface area contributed by atoms with Crippen LogP contribution in [0.25, 0.3) is 0 Å². The first-order valence-electron chi connectivity index (χ1n) is 38.9. The average molecular weight is 1210 g/mol. The van der Waals surface area contributed by atoms with Crippen molar-refractivity contribution >= 4 is 11.9 Å². The van der Waals surface area contributed by atoms with Gasteiger partial charge < -0.3 is 20.3 Å². The van der Waals surface area contributed by atoms with Crippen LogP contribution < -0.4 is 5.32 Å². The zero-order valence-electron chi connectivity index (χ0n) is 58.1. The molecule has 0 aromatic rings. The van der Waals surface area contributed by atoms with E-state index in [9.17, 15) is 19.8 Å². The van der Waals surface area contributed by atoms with E-state index < -0.39 is 12.1 Å². The predicted octanol–water partition coefficient (Wildman–Crippen LogP) is 25.6. The SMILES string of the molecule is CCCCCC/C=C\C/C=C\CCCCCCCCCC(=O)OCCCCCCCCCCCCCC/C=C\CCCCCCCCCCCCCCCCCCC(=O)NC(CO)C(O)/C=C/CCCCCCCCCCCCCCCCCCC. The van der Waals surface area contributed by atoms with Crippen LogP contribution in [-0.2, 0) is 14.3 Å². The molecule has 1 amide bonds. The summed E-state index contributed by atoms with van der Waals surface area (Å²) in [5.41, 5.74) is 0. The van der Waals surface area contributed by atoms with E-state index in [0.717, 1.165) is 51.4 Å². The van der Waals surface area contributed by atoms with E-state index in [1.165, 1.54) is 347 Å². The van der Waals surface area contributed by atoms with Crippen LogP contribution in [0.2, 0.25) is 0 Å². The maximum Gasteiger partial charge on any atom is 0.305 e. The van der Waals surface area contributed by atoms with Gasteiger partial charge in [0, 0.05) is 12.8 Å². The third-order valence-corrected chi connectivity index (χ3v) is 18.1. The Hall–Kier alpha value is -2.18. The summed E-state index contributed by atoms with van der Waals surface area (Å²) >= 11 is 0. The monoisotopic (exact) mass is 1210 g/mol. The van der Waals surface area contributed by atoms with Gasteiger partial charge in [0.1, 0.15) is 0 Å². The number of ether oxygens (including phenoxy) is 1. The van der Waals surface area contributed by atoms with Crippen molar-refractivity contribution in [2.75, 3.05) is 13.2 Å². The van der Waals surface area contributed by atoms with Gasteiger partial charge >= 0.3 is 5.97 Å². The number of carbonyl (C=O) groups is 2. The van der Waals surface area contributed by atoms with Gasteiger partial charge in [-0.2, -0.15) is 0 Å². The molecule has 0 saturated heterocycles. The Labute approximate surface area is 537 Å². The molecular weight excluding hydrogens is 1050 g/mol. The topological polar surface area (TPSA) is 95.9 Å². The normalized spacial score (nSPS) is 12.7. The summed E-state index contributed by atoms with van der Waals surface area (Å²) in [7, 11) is 0. The van der Waals surface area contributed by atoms with Crippen LogP contribution in [0, 0.1) is 0 Å². The number of amides is 1. The van der Waals surface area contributed by atoms with Gasteiger partial charge in [-0.25, -0.2) is 0 Å². The Morgan fingerprint density at radius 2 is 0.581 bits per heavy atom. The van der Waals surface area contributed by atoms with E-state index in [0.29, 0.717) is 19.4 Å². The molecular formula is C80H151NO5. The van der Waals surface area contributed by atoms with Crippen LogP contribution in [0.4, 0.5) is 0 Å². The number of unbranched alkanes of at least 4 members (excludes halogenated alkanes) is 56. The molecule has 506 valence electrons. The van der Waals surface area contributed by atoms with Crippen molar-refractivity contribution in [3.63, 3.8) is 0 Å². The maximum atomic E-state index is 12.5. The Bertz CT molecular complexity index is 1440. The lowest BCUT2D eigenvalue weighted by molar-refractivity contribution is -0.143. The van der Waals surface area contributed by atoms with E-state index in [4.69, 9.17) is 4.74 Å². The third kappa shape index (κ3) is 70.9. The molecule has 0 aliphatic heterocycles. The van der Waals surface area contributed by atoms with E-state index in [1.54, 1.807) is 6.08 Å². The number of rotatable bonds is 73. The molecule has 3 N–H and O–H groups in total. The van der Waals surface area contributed by atoms with Gasteiger partial charge in [-0.15, -0.1) is 0 Å². The van der Waals surface area contributed by atoms with Crippen molar-refractivity contribution in [2.45, 2.75) is 437 Å². The van der Waals surface area contributed by atoms with Gasteiger partial charge in [0.15, 0.2) is 0 Å². The van der Waals surface area contributed by atoms with Gasteiger partial charge in [-0.05, 0) is 89.9 Å². The second-order valence-corrected chi connectivity index (χ2v) is 26.7. The Kier molecular flexibility index (Phi) is 73.4. The van der Waals surface area contributed by atoms with Crippen LogP contribution in [0.15, 0.2) is 48.6 Å². The number of aliphatic hydroxyl groups is 2. The van der Waals surface area contributed by atoms with E-state index >= 15 is 0 Å². The summed E-state index contributed by atoms with van der Waals surface area (Å²) < 4.78 is 5.51. The molecule has 0 radical (unpaired) electrons. The molecule has 6 heteroatoms. The van der Waals surface area contributed by atoms with Gasteiger partial charge in [0.05, 0.1) is 25.4 Å². The second kappa shape index (κ2) is 75.3. The molecule has 2 unspecified atom stereocenters. The quantitative estimate of drug-likeness (QED) is 0.0320. The highest BCUT2D eigenvalue weighted by Crippen LogP contribution is 2.19. The minimum absolute atomic E-state index is 0.0110. The largest absolute Gasteiger partial charge is 0.466 e. The molecule has 6 nitrogen and oxygen atoms in total. The Morgan fingerprint density at radius 3 is 0.907 bits per heavy atom. The smallest absolute Gasteiger partial charge is 0.305 e. The molecule has 2 atom stereocenters. The van der Waals surface area contributed by atoms with Gasteiger partial charge in [0.25, 0.3) is 0 Å². The van der Waals surface area contributed by atoms with Crippen molar-refractivity contribution in [1.82, 2.24) is 5.32 Å². The molecule has 0 aromatic heterocycles. The van der Waals surface area contributed by atoms with Crippen molar-refractivity contribution < 1.29 is 24.5 Å². The minimum atomic E-state index is -0.844. The molecule has 0 bridgehead atoms. The summed E-state index contributed by atoms with van der Waals surface area (Å²) in [6.07, 6.45) is 99.4. The van der Waals surface area contributed by atoms with Gasteiger partial charge in [-0.3, -0.25) is 9.59 Å². The molecule has 0 heterocycles. The number of hydrogen-bond donors (Lipinski definition) is 3. The molecule has 0 fully saturated rings. The summed E-state index contributed by atoms with van der Waals surface area (Å²) in [6.45, 7) is 4.92.